The van der Waals surface area contributed by atoms with Gasteiger partial charge in [0.25, 0.3) is 0 Å². The first-order valence-corrected chi connectivity index (χ1v) is 7.74. The van der Waals surface area contributed by atoms with Crippen LogP contribution in [0, 0.1) is 17.2 Å². The fourth-order valence-corrected chi connectivity index (χ4v) is 2.65. The number of carbonyl (C=O) groups excluding carboxylic acids is 2. The molecular weight excluding hydrogens is 278 g/mol. The molecule has 1 unspecified atom stereocenters. The van der Waals surface area contributed by atoms with E-state index in [2.05, 4.69) is 18.3 Å². The van der Waals surface area contributed by atoms with Crippen molar-refractivity contribution in [3.63, 3.8) is 0 Å². The maximum atomic E-state index is 12.2. The fourth-order valence-electron chi connectivity index (χ4n) is 2.65. The predicted molar refractivity (Wildman–Crippen MR) is 84.2 cm³/mol. The van der Waals surface area contributed by atoms with Crippen molar-refractivity contribution in [2.45, 2.75) is 32.6 Å². The summed E-state index contributed by atoms with van der Waals surface area (Å²) >= 11 is 0. The lowest BCUT2D eigenvalue weighted by molar-refractivity contribution is -0.126. The molecule has 1 fully saturated rings. The maximum Gasteiger partial charge on any atom is 0.227 e. The Labute approximate surface area is 130 Å². The van der Waals surface area contributed by atoms with E-state index in [1.807, 2.05) is 0 Å². The zero-order valence-electron chi connectivity index (χ0n) is 12.8. The number of carbonyl (C=O) groups is 2. The third-order valence-electron chi connectivity index (χ3n) is 3.89. The second-order valence-electron chi connectivity index (χ2n) is 5.53. The lowest BCUT2D eigenvalue weighted by Crippen LogP contribution is -2.33. The standard InChI is InChI=1S/C17H21N3O2/c1-2-3-6-9-19-17(22)14-10-16(21)20(12-14)15-8-5-4-7-13(15)11-18/h4-5,7-8,14H,2-3,6,9-10,12H2,1H3,(H,19,22). The Balaban J connectivity index is 1.99. The van der Waals surface area contributed by atoms with Gasteiger partial charge in [-0.1, -0.05) is 31.9 Å². The Bertz CT molecular complexity index is 592. The third-order valence-corrected chi connectivity index (χ3v) is 3.89. The molecule has 1 N–H and O–H groups in total. The van der Waals surface area contributed by atoms with Crippen LogP contribution in [0.4, 0.5) is 5.69 Å². The summed E-state index contributed by atoms with van der Waals surface area (Å²) < 4.78 is 0. The molecule has 0 spiro atoms. The van der Waals surface area contributed by atoms with E-state index in [1.54, 1.807) is 29.2 Å². The number of hydrogen-bond acceptors (Lipinski definition) is 3. The first kappa shape index (κ1) is 16.0. The van der Waals surface area contributed by atoms with Crippen LogP contribution >= 0.6 is 0 Å². The molecule has 5 nitrogen and oxygen atoms in total. The van der Waals surface area contributed by atoms with Gasteiger partial charge in [-0.15, -0.1) is 0 Å². The molecule has 1 heterocycles. The fraction of sp³-hybridized carbons (Fsp3) is 0.471. The molecule has 1 aliphatic rings. The van der Waals surface area contributed by atoms with E-state index < -0.39 is 0 Å². The summed E-state index contributed by atoms with van der Waals surface area (Å²) in [7, 11) is 0. The molecule has 1 saturated heterocycles. The second kappa shape index (κ2) is 7.60. The number of rotatable bonds is 6. The zero-order valence-corrected chi connectivity index (χ0v) is 12.8. The van der Waals surface area contributed by atoms with Crippen molar-refractivity contribution in [1.82, 2.24) is 5.32 Å². The Morgan fingerprint density at radius 2 is 2.18 bits per heavy atom. The zero-order chi connectivity index (χ0) is 15.9. The van der Waals surface area contributed by atoms with Crippen molar-refractivity contribution in [3.8, 4) is 6.07 Å². The quantitative estimate of drug-likeness (QED) is 0.819. The summed E-state index contributed by atoms with van der Waals surface area (Å²) in [6, 6.07) is 9.08. The SMILES string of the molecule is CCCCCNC(=O)C1CC(=O)N(c2ccccc2C#N)C1. The van der Waals surface area contributed by atoms with Crippen LogP contribution in [0.2, 0.25) is 0 Å². The van der Waals surface area contributed by atoms with Crippen LogP contribution in [0.15, 0.2) is 24.3 Å². The molecule has 2 rings (SSSR count). The highest BCUT2D eigenvalue weighted by Crippen LogP contribution is 2.27. The van der Waals surface area contributed by atoms with E-state index in [4.69, 9.17) is 5.26 Å². The number of anilines is 1. The summed E-state index contributed by atoms with van der Waals surface area (Å²) in [6.45, 7) is 3.12. The molecule has 1 aromatic carbocycles. The third kappa shape index (κ3) is 3.64. The minimum Gasteiger partial charge on any atom is -0.356 e. The van der Waals surface area contributed by atoms with E-state index in [0.717, 1.165) is 19.3 Å². The van der Waals surface area contributed by atoms with E-state index in [1.165, 1.54) is 0 Å². The Kier molecular flexibility index (Phi) is 5.54. The van der Waals surface area contributed by atoms with Crippen molar-refractivity contribution in [2.24, 2.45) is 5.92 Å². The number of hydrogen-bond donors (Lipinski definition) is 1. The normalized spacial score (nSPS) is 17.4. The smallest absolute Gasteiger partial charge is 0.227 e. The van der Waals surface area contributed by atoms with Gasteiger partial charge < -0.3 is 10.2 Å². The molecule has 5 heteroatoms. The van der Waals surface area contributed by atoms with E-state index in [9.17, 15) is 9.59 Å². The van der Waals surface area contributed by atoms with E-state index in [0.29, 0.717) is 24.3 Å². The second-order valence-corrected chi connectivity index (χ2v) is 5.53. The number of benzene rings is 1. The van der Waals surface area contributed by atoms with Crippen LogP contribution in [0.1, 0.15) is 38.2 Å². The molecule has 22 heavy (non-hydrogen) atoms. The van der Waals surface area contributed by atoms with Crippen LogP contribution in [-0.4, -0.2) is 24.9 Å². The molecule has 0 bridgehead atoms. The Morgan fingerprint density at radius 1 is 1.41 bits per heavy atom. The lowest BCUT2D eigenvalue weighted by Gasteiger charge is -2.17. The monoisotopic (exact) mass is 299 g/mol. The van der Waals surface area contributed by atoms with E-state index in [-0.39, 0.29) is 24.2 Å². The molecule has 1 aliphatic heterocycles. The maximum absolute atomic E-state index is 12.2. The average molecular weight is 299 g/mol. The van der Waals surface area contributed by atoms with Crippen molar-refractivity contribution in [3.05, 3.63) is 29.8 Å². The summed E-state index contributed by atoms with van der Waals surface area (Å²) in [4.78, 5) is 25.9. The predicted octanol–water partition coefficient (Wildman–Crippen LogP) is 2.22. The molecule has 116 valence electrons. The van der Waals surface area contributed by atoms with Crippen molar-refractivity contribution in [2.75, 3.05) is 18.0 Å². The van der Waals surface area contributed by atoms with Gasteiger partial charge in [-0.25, -0.2) is 0 Å². The summed E-state index contributed by atoms with van der Waals surface area (Å²) in [5, 5.41) is 12.0. The molecule has 1 atom stereocenters. The Morgan fingerprint density at radius 3 is 2.91 bits per heavy atom. The van der Waals surface area contributed by atoms with Gasteiger partial charge in [0.15, 0.2) is 0 Å². The first-order valence-electron chi connectivity index (χ1n) is 7.74. The van der Waals surface area contributed by atoms with Gasteiger partial charge in [0.2, 0.25) is 11.8 Å². The summed E-state index contributed by atoms with van der Waals surface area (Å²) in [5.41, 5.74) is 1.05. The molecule has 0 saturated carbocycles. The highest BCUT2D eigenvalue weighted by Gasteiger charge is 2.35. The average Bonchev–Trinajstić information content (AvgIpc) is 2.93. The summed E-state index contributed by atoms with van der Waals surface area (Å²) in [5.74, 6) is -0.501. The molecule has 0 aromatic heterocycles. The minimum atomic E-state index is -0.333. The van der Waals surface area contributed by atoms with Gasteiger partial charge in [0, 0.05) is 19.5 Å². The number of amides is 2. The summed E-state index contributed by atoms with van der Waals surface area (Å²) in [6.07, 6.45) is 3.37. The lowest BCUT2D eigenvalue weighted by atomic mass is 10.1. The van der Waals surface area contributed by atoms with Gasteiger partial charge in [-0.2, -0.15) is 5.26 Å². The molecule has 2 amide bonds. The van der Waals surface area contributed by atoms with Crippen LogP contribution in [0.25, 0.3) is 0 Å². The molecule has 0 aliphatic carbocycles. The number of nitrogens with zero attached hydrogens (tertiary/aromatic N) is 2. The minimum absolute atomic E-state index is 0.0682. The van der Waals surface area contributed by atoms with E-state index >= 15 is 0 Å². The van der Waals surface area contributed by atoms with Gasteiger partial charge >= 0.3 is 0 Å². The van der Waals surface area contributed by atoms with Crippen LogP contribution in [-0.2, 0) is 9.59 Å². The van der Waals surface area contributed by atoms with Gasteiger partial charge in [0.05, 0.1) is 17.2 Å². The molecular formula is C17H21N3O2. The number of para-hydroxylation sites is 1. The topological polar surface area (TPSA) is 73.2 Å². The van der Waals surface area contributed by atoms with Crippen molar-refractivity contribution < 1.29 is 9.59 Å². The first-order chi connectivity index (χ1) is 10.7. The van der Waals surface area contributed by atoms with Crippen molar-refractivity contribution >= 4 is 17.5 Å². The molecule has 1 aromatic rings. The van der Waals surface area contributed by atoms with Gasteiger partial charge in [-0.05, 0) is 18.6 Å². The van der Waals surface area contributed by atoms with Crippen LogP contribution in [0.3, 0.4) is 0 Å². The van der Waals surface area contributed by atoms with Crippen LogP contribution in [0.5, 0.6) is 0 Å². The highest BCUT2D eigenvalue weighted by atomic mass is 16.2. The number of nitrogens with one attached hydrogen (secondary N) is 1. The van der Waals surface area contributed by atoms with Gasteiger partial charge in [0.1, 0.15) is 6.07 Å². The Hall–Kier alpha value is -2.35. The number of nitriles is 1. The number of unbranched alkanes of at least 4 members (excludes halogenated alkanes) is 2. The molecule has 0 radical (unpaired) electrons. The van der Waals surface area contributed by atoms with Gasteiger partial charge in [-0.3, -0.25) is 9.59 Å². The highest BCUT2D eigenvalue weighted by molar-refractivity contribution is 6.01. The van der Waals surface area contributed by atoms with Crippen molar-refractivity contribution in [1.29, 1.82) is 5.26 Å². The largest absolute Gasteiger partial charge is 0.356 e. The van der Waals surface area contributed by atoms with Crippen LogP contribution < -0.4 is 10.2 Å².